The molecule has 3 aromatic heterocycles. The number of anilines is 3. The maximum absolute atomic E-state index is 14.0. The van der Waals surface area contributed by atoms with Crippen molar-refractivity contribution in [3.05, 3.63) is 69.2 Å². The van der Waals surface area contributed by atoms with E-state index in [4.69, 9.17) is 23.1 Å². The van der Waals surface area contributed by atoms with Crippen molar-refractivity contribution in [2.45, 2.75) is 19.4 Å². The van der Waals surface area contributed by atoms with Crippen molar-refractivity contribution in [1.29, 1.82) is 5.26 Å². The first-order valence-corrected chi connectivity index (χ1v) is 10.1. The largest absolute Gasteiger partial charge is 0.382 e. The molecule has 10 nitrogen and oxygen atoms in total. The smallest absolute Gasteiger partial charge is 0.267 e. The highest BCUT2D eigenvalue weighted by molar-refractivity contribution is 6.35. The van der Waals surface area contributed by atoms with Crippen LogP contribution in [0.15, 0.2) is 41.5 Å². The average molecular weight is 466 g/mol. The van der Waals surface area contributed by atoms with Gasteiger partial charge >= 0.3 is 0 Å². The Morgan fingerprint density at radius 2 is 2.06 bits per heavy atom. The number of rotatable bonds is 5. The van der Waals surface area contributed by atoms with Crippen molar-refractivity contribution >= 4 is 40.1 Å². The summed E-state index contributed by atoms with van der Waals surface area (Å²) in [6.07, 6.45) is 2.76. The third-order valence-corrected chi connectivity index (χ3v) is 5.23. The normalized spacial score (nSPS) is 11.8. The van der Waals surface area contributed by atoms with Gasteiger partial charge < -0.3 is 16.8 Å². The van der Waals surface area contributed by atoms with Gasteiger partial charge in [-0.15, -0.1) is 0 Å². The Hall–Kier alpha value is -4.30. The number of fused-ring (bicyclic) bond motifs is 1. The van der Waals surface area contributed by atoms with E-state index < -0.39 is 17.4 Å². The van der Waals surface area contributed by atoms with Crippen molar-refractivity contribution in [2.75, 3.05) is 16.8 Å². The average Bonchev–Trinajstić information content (AvgIpc) is 2.77. The standard InChI is InChI=1S/C21H17ClFN9O/c1-2-14(28-18-12(7-24)17(25)30-21(26)31-18)19-29-15-5-3-4-13(22)16(15)20(33)32(19)11-6-10(23)8-27-9-11/h3-6,8-9,14H,2H2,1H3,(H5,25,26,28,30,31). The Morgan fingerprint density at radius 1 is 1.27 bits per heavy atom. The molecular formula is C21H17ClFN9O. The quantitative estimate of drug-likeness (QED) is 0.402. The van der Waals surface area contributed by atoms with Gasteiger partial charge in [-0.25, -0.2) is 9.37 Å². The molecule has 0 amide bonds. The van der Waals surface area contributed by atoms with Crippen LogP contribution in [0.1, 0.15) is 30.8 Å². The molecule has 3 heterocycles. The summed E-state index contributed by atoms with van der Waals surface area (Å²) in [6, 6.07) is 7.33. The van der Waals surface area contributed by atoms with Crippen molar-refractivity contribution < 1.29 is 4.39 Å². The minimum atomic E-state index is -0.662. The first kappa shape index (κ1) is 21.9. The number of halogens is 2. The predicted octanol–water partition coefficient (Wildman–Crippen LogP) is 2.96. The fourth-order valence-corrected chi connectivity index (χ4v) is 3.69. The first-order chi connectivity index (χ1) is 15.8. The number of nitrogens with zero attached hydrogens (tertiary/aromatic N) is 6. The van der Waals surface area contributed by atoms with Crippen LogP contribution in [-0.4, -0.2) is 24.5 Å². The molecule has 1 unspecified atom stereocenters. The lowest BCUT2D eigenvalue weighted by atomic mass is 10.1. The molecule has 33 heavy (non-hydrogen) atoms. The van der Waals surface area contributed by atoms with Crippen LogP contribution in [0.25, 0.3) is 16.6 Å². The van der Waals surface area contributed by atoms with Crippen molar-refractivity contribution in [1.82, 2.24) is 24.5 Å². The fraction of sp³-hybridized carbons (Fsp3) is 0.143. The van der Waals surface area contributed by atoms with Crippen LogP contribution in [0.2, 0.25) is 5.02 Å². The minimum Gasteiger partial charge on any atom is -0.382 e. The summed E-state index contributed by atoms with van der Waals surface area (Å²) in [5.74, 6) is -0.544. The van der Waals surface area contributed by atoms with E-state index in [1.165, 1.54) is 10.8 Å². The number of nitrogens with two attached hydrogens (primary N) is 2. The number of pyridine rings is 1. The number of nitriles is 1. The van der Waals surface area contributed by atoms with Gasteiger partial charge in [0.15, 0.2) is 5.82 Å². The number of benzene rings is 1. The highest BCUT2D eigenvalue weighted by Crippen LogP contribution is 2.28. The molecule has 0 fully saturated rings. The zero-order valence-electron chi connectivity index (χ0n) is 17.3. The molecule has 12 heteroatoms. The number of nitrogens with one attached hydrogen (secondary N) is 1. The number of aromatic nitrogens is 5. The van der Waals surface area contributed by atoms with E-state index in [0.717, 1.165) is 12.3 Å². The van der Waals surface area contributed by atoms with Gasteiger partial charge in [0.25, 0.3) is 5.56 Å². The van der Waals surface area contributed by atoms with E-state index in [1.807, 2.05) is 13.0 Å². The summed E-state index contributed by atoms with van der Waals surface area (Å²) in [7, 11) is 0. The second-order valence-corrected chi connectivity index (χ2v) is 7.42. The second kappa shape index (κ2) is 8.68. The van der Waals surface area contributed by atoms with Gasteiger partial charge in [-0.1, -0.05) is 24.6 Å². The molecule has 1 aromatic carbocycles. The van der Waals surface area contributed by atoms with Crippen LogP contribution in [0.5, 0.6) is 0 Å². The Kier molecular flexibility index (Phi) is 5.76. The molecule has 0 aliphatic heterocycles. The van der Waals surface area contributed by atoms with Gasteiger partial charge in [0.05, 0.1) is 40.0 Å². The Morgan fingerprint density at radius 3 is 2.76 bits per heavy atom. The molecule has 0 aliphatic rings. The SMILES string of the molecule is CCC(Nc1nc(N)nc(N)c1C#N)c1nc2cccc(Cl)c2c(=O)n1-c1cncc(F)c1. The molecule has 4 rings (SSSR count). The summed E-state index contributed by atoms with van der Waals surface area (Å²) in [5.41, 5.74) is 11.5. The zero-order chi connectivity index (χ0) is 23.7. The monoisotopic (exact) mass is 465 g/mol. The summed E-state index contributed by atoms with van der Waals surface area (Å²) in [6.45, 7) is 1.83. The summed E-state index contributed by atoms with van der Waals surface area (Å²) in [4.78, 5) is 29.9. The molecule has 5 N–H and O–H groups in total. The van der Waals surface area contributed by atoms with E-state index in [2.05, 4.69) is 25.3 Å². The van der Waals surface area contributed by atoms with E-state index in [-0.39, 0.29) is 45.1 Å². The topological polar surface area (TPSA) is 161 Å². The van der Waals surface area contributed by atoms with E-state index in [0.29, 0.717) is 11.9 Å². The fourth-order valence-electron chi connectivity index (χ4n) is 3.44. The number of hydrogen-bond donors (Lipinski definition) is 3. The zero-order valence-corrected chi connectivity index (χ0v) is 18.0. The van der Waals surface area contributed by atoms with Gasteiger partial charge in [0.2, 0.25) is 5.95 Å². The molecule has 0 saturated carbocycles. The first-order valence-electron chi connectivity index (χ1n) is 9.75. The lowest BCUT2D eigenvalue weighted by Crippen LogP contribution is -2.29. The molecule has 0 radical (unpaired) electrons. The van der Waals surface area contributed by atoms with Gasteiger partial charge in [0.1, 0.15) is 29.1 Å². The van der Waals surface area contributed by atoms with E-state index >= 15 is 0 Å². The number of hydrogen-bond acceptors (Lipinski definition) is 9. The van der Waals surface area contributed by atoms with Crippen LogP contribution in [0, 0.1) is 17.1 Å². The molecule has 0 aliphatic carbocycles. The maximum Gasteiger partial charge on any atom is 0.267 e. The molecule has 0 saturated heterocycles. The van der Waals surface area contributed by atoms with Crippen LogP contribution >= 0.6 is 11.6 Å². The second-order valence-electron chi connectivity index (χ2n) is 7.01. The summed E-state index contributed by atoms with van der Waals surface area (Å²) in [5, 5.41) is 13.0. The maximum atomic E-state index is 14.0. The lowest BCUT2D eigenvalue weighted by molar-refractivity contribution is 0.615. The molecular weight excluding hydrogens is 449 g/mol. The molecule has 0 bridgehead atoms. The van der Waals surface area contributed by atoms with Gasteiger partial charge in [-0.05, 0) is 18.6 Å². The third-order valence-electron chi connectivity index (χ3n) is 4.92. The molecule has 0 spiro atoms. The Bertz CT molecular complexity index is 1480. The van der Waals surface area contributed by atoms with Gasteiger partial charge in [0, 0.05) is 6.07 Å². The van der Waals surface area contributed by atoms with Gasteiger partial charge in [-0.2, -0.15) is 15.2 Å². The lowest BCUT2D eigenvalue weighted by Gasteiger charge is -2.22. The van der Waals surface area contributed by atoms with Crippen LogP contribution in [0.3, 0.4) is 0 Å². The third kappa shape index (κ3) is 3.99. The van der Waals surface area contributed by atoms with Gasteiger partial charge in [-0.3, -0.25) is 14.3 Å². The van der Waals surface area contributed by atoms with Crippen molar-refractivity contribution in [3.8, 4) is 11.8 Å². The van der Waals surface area contributed by atoms with Crippen LogP contribution < -0.4 is 22.3 Å². The molecule has 4 aromatic rings. The Labute approximate surface area is 191 Å². The highest BCUT2D eigenvalue weighted by atomic mass is 35.5. The summed E-state index contributed by atoms with van der Waals surface area (Å²) < 4.78 is 15.2. The van der Waals surface area contributed by atoms with Crippen LogP contribution in [-0.2, 0) is 0 Å². The highest BCUT2D eigenvalue weighted by Gasteiger charge is 2.24. The minimum absolute atomic E-state index is 0.00666. The van der Waals surface area contributed by atoms with Crippen LogP contribution in [0.4, 0.5) is 22.0 Å². The van der Waals surface area contributed by atoms with Crippen molar-refractivity contribution in [2.24, 2.45) is 0 Å². The van der Waals surface area contributed by atoms with Crippen molar-refractivity contribution in [3.63, 3.8) is 0 Å². The molecule has 1 atom stereocenters. The molecule has 166 valence electrons. The predicted molar refractivity (Wildman–Crippen MR) is 122 cm³/mol. The Balaban J connectivity index is 1.99. The number of nitrogen functional groups attached to an aromatic ring is 2. The van der Waals surface area contributed by atoms with E-state index in [9.17, 15) is 14.4 Å². The summed E-state index contributed by atoms with van der Waals surface area (Å²) >= 11 is 6.28. The van der Waals surface area contributed by atoms with E-state index in [1.54, 1.807) is 18.2 Å².